The first-order valence-corrected chi connectivity index (χ1v) is 7.04. The van der Waals surface area contributed by atoms with Gasteiger partial charge in [-0.3, -0.25) is 5.84 Å². The summed E-state index contributed by atoms with van der Waals surface area (Å²) in [5.41, 5.74) is 2.87. The molecule has 6 heteroatoms. The van der Waals surface area contributed by atoms with Crippen LogP contribution in [0.2, 0.25) is 0 Å². The minimum Gasteiger partial charge on any atom is -0.324 e. The molecule has 17 heavy (non-hydrogen) atoms. The Morgan fingerprint density at radius 3 is 2.24 bits per heavy atom. The van der Waals surface area contributed by atoms with E-state index in [1.54, 1.807) is 24.3 Å². The molecule has 1 saturated carbocycles. The Labute approximate surface area is 101 Å². The van der Waals surface area contributed by atoms with Crippen molar-refractivity contribution in [3.63, 3.8) is 0 Å². The highest BCUT2D eigenvalue weighted by molar-refractivity contribution is 7.89. The average molecular weight is 255 g/mol. The number of hydrogen-bond donors (Lipinski definition) is 3. The van der Waals surface area contributed by atoms with Crippen LogP contribution in [0.4, 0.5) is 5.69 Å². The van der Waals surface area contributed by atoms with Crippen molar-refractivity contribution in [2.24, 2.45) is 5.84 Å². The van der Waals surface area contributed by atoms with E-state index in [4.69, 9.17) is 5.84 Å². The van der Waals surface area contributed by atoms with Crippen molar-refractivity contribution in [3.05, 3.63) is 24.3 Å². The quantitative estimate of drug-likeness (QED) is 0.557. The van der Waals surface area contributed by atoms with E-state index < -0.39 is 10.0 Å². The molecule has 94 valence electrons. The van der Waals surface area contributed by atoms with Crippen LogP contribution in [-0.2, 0) is 10.0 Å². The van der Waals surface area contributed by atoms with Gasteiger partial charge < -0.3 is 5.43 Å². The Morgan fingerprint density at radius 1 is 1.24 bits per heavy atom. The fourth-order valence-corrected chi connectivity index (χ4v) is 3.39. The zero-order chi connectivity index (χ0) is 12.5. The van der Waals surface area contributed by atoms with E-state index in [9.17, 15) is 8.42 Å². The molecule has 1 aromatic carbocycles. The lowest BCUT2D eigenvalue weighted by molar-refractivity contribution is 0.248. The first kappa shape index (κ1) is 12.3. The Morgan fingerprint density at radius 2 is 1.82 bits per heavy atom. The van der Waals surface area contributed by atoms with Crippen LogP contribution in [0.15, 0.2) is 29.2 Å². The summed E-state index contributed by atoms with van der Waals surface area (Å²) in [6.07, 6.45) is 2.87. The number of hydrogen-bond acceptors (Lipinski definition) is 4. The Kier molecular flexibility index (Phi) is 3.11. The maximum absolute atomic E-state index is 12.1. The fourth-order valence-electron chi connectivity index (χ4n) is 1.92. The molecule has 0 heterocycles. The van der Waals surface area contributed by atoms with Crippen molar-refractivity contribution < 1.29 is 8.42 Å². The highest BCUT2D eigenvalue weighted by Crippen LogP contribution is 2.32. The molecule has 5 nitrogen and oxygen atoms in total. The molecule has 1 aliphatic carbocycles. The minimum absolute atomic E-state index is 0.268. The summed E-state index contributed by atoms with van der Waals surface area (Å²) in [6, 6.07) is 6.36. The molecule has 0 aliphatic heterocycles. The lowest BCUT2D eigenvalue weighted by Gasteiger charge is -2.38. The second kappa shape index (κ2) is 4.29. The van der Waals surface area contributed by atoms with Crippen molar-refractivity contribution in [2.45, 2.75) is 36.6 Å². The summed E-state index contributed by atoms with van der Waals surface area (Å²) in [5.74, 6) is 5.23. The van der Waals surface area contributed by atoms with Crippen molar-refractivity contribution in [3.8, 4) is 0 Å². The molecule has 0 bridgehead atoms. The maximum Gasteiger partial charge on any atom is 0.241 e. The Hall–Kier alpha value is -1.11. The summed E-state index contributed by atoms with van der Waals surface area (Å²) in [6.45, 7) is 1.93. The largest absolute Gasteiger partial charge is 0.324 e. The summed E-state index contributed by atoms with van der Waals surface area (Å²) >= 11 is 0. The minimum atomic E-state index is -3.42. The van der Waals surface area contributed by atoms with Gasteiger partial charge in [-0.1, -0.05) is 0 Å². The van der Waals surface area contributed by atoms with Crippen LogP contribution >= 0.6 is 0 Å². The van der Waals surface area contributed by atoms with E-state index in [0.29, 0.717) is 5.69 Å². The second-order valence-electron chi connectivity index (χ2n) is 4.69. The SMILES string of the molecule is CC1(NS(=O)(=O)c2ccc(NN)cc2)CCC1. The summed E-state index contributed by atoms with van der Waals surface area (Å²) in [5, 5.41) is 0. The first-order chi connectivity index (χ1) is 7.95. The molecule has 0 amide bonds. The molecule has 1 fully saturated rings. The van der Waals surface area contributed by atoms with Gasteiger partial charge in [-0.2, -0.15) is 0 Å². The highest BCUT2D eigenvalue weighted by Gasteiger charge is 2.36. The molecule has 0 unspecified atom stereocenters. The summed E-state index contributed by atoms with van der Waals surface area (Å²) < 4.78 is 26.9. The van der Waals surface area contributed by atoms with E-state index in [2.05, 4.69) is 10.1 Å². The van der Waals surface area contributed by atoms with Gasteiger partial charge in [-0.25, -0.2) is 13.1 Å². The smallest absolute Gasteiger partial charge is 0.241 e. The highest BCUT2D eigenvalue weighted by atomic mass is 32.2. The van der Waals surface area contributed by atoms with Crippen LogP contribution in [-0.4, -0.2) is 14.0 Å². The molecule has 0 radical (unpaired) electrons. The van der Waals surface area contributed by atoms with Gasteiger partial charge in [-0.05, 0) is 50.5 Å². The van der Waals surface area contributed by atoms with E-state index >= 15 is 0 Å². The number of sulfonamides is 1. The lowest BCUT2D eigenvalue weighted by atomic mass is 9.80. The van der Waals surface area contributed by atoms with Gasteiger partial charge >= 0.3 is 0 Å². The maximum atomic E-state index is 12.1. The monoisotopic (exact) mass is 255 g/mol. The van der Waals surface area contributed by atoms with Crippen LogP contribution in [0.25, 0.3) is 0 Å². The van der Waals surface area contributed by atoms with Gasteiger partial charge in [0, 0.05) is 11.2 Å². The average Bonchev–Trinajstić information content (AvgIpc) is 2.26. The third-order valence-corrected chi connectivity index (χ3v) is 4.82. The van der Waals surface area contributed by atoms with Gasteiger partial charge in [0.15, 0.2) is 0 Å². The van der Waals surface area contributed by atoms with E-state index in [0.717, 1.165) is 19.3 Å². The van der Waals surface area contributed by atoms with Crippen molar-refractivity contribution in [1.29, 1.82) is 0 Å². The van der Waals surface area contributed by atoms with Crippen molar-refractivity contribution in [2.75, 3.05) is 5.43 Å². The molecule has 1 aromatic rings. The molecule has 0 saturated heterocycles. The third-order valence-electron chi connectivity index (χ3n) is 3.17. The van der Waals surface area contributed by atoms with E-state index in [1.165, 1.54) is 0 Å². The van der Waals surface area contributed by atoms with Crippen LogP contribution in [0, 0.1) is 0 Å². The number of hydrazine groups is 1. The van der Waals surface area contributed by atoms with Crippen LogP contribution in [0.5, 0.6) is 0 Å². The number of benzene rings is 1. The number of nitrogens with two attached hydrogens (primary N) is 1. The zero-order valence-electron chi connectivity index (χ0n) is 9.73. The van der Waals surface area contributed by atoms with Crippen LogP contribution < -0.4 is 16.0 Å². The summed E-state index contributed by atoms with van der Waals surface area (Å²) in [7, 11) is -3.42. The number of nitrogens with one attached hydrogen (secondary N) is 2. The number of nitrogen functional groups attached to an aromatic ring is 1. The van der Waals surface area contributed by atoms with Gasteiger partial charge in [0.05, 0.1) is 4.90 Å². The van der Waals surface area contributed by atoms with Gasteiger partial charge in [0.1, 0.15) is 0 Å². The van der Waals surface area contributed by atoms with E-state index in [-0.39, 0.29) is 10.4 Å². The normalized spacial score (nSPS) is 18.5. The third kappa shape index (κ3) is 2.59. The fraction of sp³-hybridized carbons (Fsp3) is 0.455. The zero-order valence-corrected chi connectivity index (χ0v) is 10.5. The molecule has 4 N–H and O–H groups in total. The summed E-state index contributed by atoms with van der Waals surface area (Å²) in [4.78, 5) is 0.268. The van der Waals surface area contributed by atoms with Gasteiger partial charge in [0.2, 0.25) is 10.0 Å². The Balaban J connectivity index is 2.19. The predicted molar refractivity (Wildman–Crippen MR) is 66.8 cm³/mol. The predicted octanol–water partition coefficient (Wildman–Crippen LogP) is 1.19. The lowest BCUT2D eigenvalue weighted by Crippen LogP contribution is -2.50. The first-order valence-electron chi connectivity index (χ1n) is 5.56. The molecule has 0 spiro atoms. The van der Waals surface area contributed by atoms with Gasteiger partial charge in [0.25, 0.3) is 0 Å². The van der Waals surface area contributed by atoms with Crippen LogP contribution in [0.1, 0.15) is 26.2 Å². The van der Waals surface area contributed by atoms with Crippen LogP contribution in [0.3, 0.4) is 0 Å². The van der Waals surface area contributed by atoms with Crippen molar-refractivity contribution >= 4 is 15.7 Å². The second-order valence-corrected chi connectivity index (χ2v) is 6.37. The van der Waals surface area contributed by atoms with E-state index in [1.807, 2.05) is 6.92 Å². The molecule has 0 aromatic heterocycles. The number of rotatable bonds is 4. The molecule has 1 aliphatic rings. The molecular weight excluding hydrogens is 238 g/mol. The number of anilines is 1. The topological polar surface area (TPSA) is 84.2 Å². The Bertz CT molecular complexity index is 492. The van der Waals surface area contributed by atoms with Gasteiger partial charge in [-0.15, -0.1) is 0 Å². The standard InChI is InChI=1S/C11H17N3O2S/c1-11(7-2-8-11)14-17(15,16)10-5-3-9(13-12)4-6-10/h3-6,13-14H,2,7-8,12H2,1H3. The molecular formula is C11H17N3O2S. The molecule has 2 rings (SSSR count). The van der Waals surface area contributed by atoms with Crippen molar-refractivity contribution in [1.82, 2.24) is 4.72 Å². The molecule has 0 atom stereocenters.